The van der Waals surface area contributed by atoms with Gasteiger partial charge in [0.05, 0.1) is 6.42 Å². The first kappa shape index (κ1) is 18.7. The maximum absolute atomic E-state index is 12.0. The Morgan fingerprint density at radius 1 is 1.15 bits per heavy atom. The summed E-state index contributed by atoms with van der Waals surface area (Å²) < 4.78 is 41.2. The lowest BCUT2D eigenvalue weighted by Gasteiger charge is -2.26. The van der Waals surface area contributed by atoms with Crippen molar-refractivity contribution in [2.45, 2.75) is 65.3 Å². The number of amides is 1. The lowest BCUT2D eigenvalue weighted by atomic mass is 10.0. The fraction of sp³-hybridized carbons (Fsp3) is 0.846. The van der Waals surface area contributed by atoms with Gasteiger partial charge in [-0.05, 0) is 26.7 Å². The zero-order chi connectivity index (χ0) is 16.1. The van der Waals surface area contributed by atoms with E-state index in [1.807, 2.05) is 0 Å². The van der Waals surface area contributed by atoms with Crippen molar-refractivity contribution in [2.24, 2.45) is 5.92 Å². The molecule has 0 bridgehead atoms. The average Bonchev–Trinajstić information content (AvgIpc) is 2.18. The van der Waals surface area contributed by atoms with Crippen LogP contribution in [0.3, 0.4) is 0 Å². The van der Waals surface area contributed by atoms with Crippen molar-refractivity contribution in [2.75, 3.05) is 0 Å². The third-order valence-corrected chi connectivity index (χ3v) is 2.28. The highest BCUT2D eigenvalue weighted by molar-refractivity contribution is 5.84. The van der Waals surface area contributed by atoms with Gasteiger partial charge in [0.15, 0.2) is 0 Å². The second-order valence-electron chi connectivity index (χ2n) is 5.94. The van der Waals surface area contributed by atoms with Crippen molar-refractivity contribution in [3.05, 3.63) is 0 Å². The SMILES string of the molecule is CC(C)[C@H](NC(=O)CCC(F)(F)F)C(=O)OC(C)(C)C. The van der Waals surface area contributed by atoms with Crippen LogP contribution < -0.4 is 5.32 Å². The second kappa shape index (κ2) is 6.95. The molecule has 0 aromatic rings. The number of nitrogens with one attached hydrogen (secondary N) is 1. The molecule has 0 unspecified atom stereocenters. The molecule has 118 valence electrons. The summed E-state index contributed by atoms with van der Waals surface area (Å²) in [4.78, 5) is 23.3. The largest absolute Gasteiger partial charge is 0.458 e. The Labute approximate surface area is 117 Å². The number of hydrogen-bond donors (Lipinski definition) is 1. The minimum absolute atomic E-state index is 0.278. The highest BCUT2D eigenvalue weighted by atomic mass is 19.4. The number of rotatable bonds is 5. The minimum Gasteiger partial charge on any atom is -0.458 e. The van der Waals surface area contributed by atoms with Gasteiger partial charge in [-0.15, -0.1) is 0 Å². The van der Waals surface area contributed by atoms with Crippen LogP contribution in [-0.2, 0) is 14.3 Å². The van der Waals surface area contributed by atoms with Gasteiger partial charge in [-0.2, -0.15) is 13.2 Å². The molecule has 0 saturated carbocycles. The monoisotopic (exact) mass is 297 g/mol. The van der Waals surface area contributed by atoms with Gasteiger partial charge in [0, 0.05) is 6.42 Å². The molecule has 1 atom stereocenters. The van der Waals surface area contributed by atoms with E-state index in [1.54, 1.807) is 34.6 Å². The van der Waals surface area contributed by atoms with E-state index < -0.39 is 42.5 Å². The first-order valence-corrected chi connectivity index (χ1v) is 6.41. The van der Waals surface area contributed by atoms with Gasteiger partial charge >= 0.3 is 12.1 Å². The molecule has 0 aliphatic heterocycles. The molecule has 0 heterocycles. The third-order valence-electron chi connectivity index (χ3n) is 2.28. The smallest absolute Gasteiger partial charge is 0.389 e. The molecule has 0 aliphatic carbocycles. The van der Waals surface area contributed by atoms with E-state index in [2.05, 4.69) is 5.32 Å². The van der Waals surface area contributed by atoms with Gasteiger partial charge in [-0.3, -0.25) is 4.79 Å². The number of halogens is 3. The van der Waals surface area contributed by atoms with Gasteiger partial charge < -0.3 is 10.1 Å². The van der Waals surface area contributed by atoms with E-state index >= 15 is 0 Å². The Balaban J connectivity index is 4.56. The summed E-state index contributed by atoms with van der Waals surface area (Å²) in [7, 11) is 0. The van der Waals surface area contributed by atoms with Crippen molar-refractivity contribution < 1.29 is 27.5 Å². The summed E-state index contributed by atoms with van der Waals surface area (Å²) >= 11 is 0. The maximum Gasteiger partial charge on any atom is 0.389 e. The van der Waals surface area contributed by atoms with Crippen molar-refractivity contribution in [3.8, 4) is 0 Å². The van der Waals surface area contributed by atoms with Gasteiger partial charge in [0.1, 0.15) is 11.6 Å². The van der Waals surface area contributed by atoms with Crippen molar-refractivity contribution >= 4 is 11.9 Å². The quantitative estimate of drug-likeness (QED) is 0.794. The lowest BCUT2D eigenvalue weighted by Crippen LogP contribution is -2.47. The highest BCUT2D eigenvalue weighted by Crippen LogP contribution is 2.21. The number of carbonyl (C=O) groups excluding carboxylic acids is 2. The summed E-state index contributed by atoms with van der Waals surface area (Å²) in [6.45, 7) is 8.38. The average molecular weight is 297 g/mol. The molecule has 0 saturated heterocycles. The van der Waals surface area contributed by atoms with Gasteiger partial charge in [0.2, 0.25) is 5.91 Å². The van der Waals surface area contributed by atoms with E-state index in [9.17, 15) is 22.8 Å². The number of alkyl halides is 3. The molecule has 0 aromatic heterocycles. The number of hydrogen-bond acceptors (Lipinski definition) is 3. The van der Waals surface area contributed by atoms with Crippen LogP contribution in [0.25, 0.3) is 0 Å². The molecule has 1 amide bonds. The minimum atomic E-state index is -4.39. The number of esters is 1. The van der Waals surface area contributed by atoms with E-state index in [0.29, 0.717) is 0 Å². The van der Waals surface area contributed by atoms with Crippen LogP contribution in [-0.4, -0.2) is 29.7 Å². The molecule has 7 heteroatoms. The Bertz CT molecular complexity index is 346. The lowest BCUT2D eigenvalue weighted by molar-refractivity contribution is -0.160. The van der Waals surface area contributed by atoms with Crippen molar-refractivity contribution in [1.29, 1.82) is 0 Å². The van der Waals surface area contributed by atoms with E-state index in [-0.39, 0.29) is 5.92 Å². The normalized spacial score (nSPS) is 14.1. The summed E-state index contributed by atoms with van der Waals surface area (Å²) in [5, 5.41) is 2.30. The van der Waals surface area contributed by atoms with Gasteiger partial charge in [0.25, 0.3) is 0 Å². The molecule has 20 heavy (non-hydrogen) atoms. The topological polar surface area (TPSA) is 55.4 Å². The van der Waals surface area contributed by atoms with Crippen LogP contribution in [0.5, 0.6) is 0 Å². The fourth-order valence-corrected chi connectivity index (χ4v) is 1.36. The predicted molar refractivity (Wildman–Crippen MR) is 67.9 cm³/mol. The number of ether oxygens (including phenoxy) is 1. The molecular weight excluding hydrogens is 275 g/mol. The fourth-order valence-electron chi connectivity index (χ4n) is 1.36. The Morgan fingerprint density at radius 2 is 1.65 bits per heavy atom. The molecule has 0 radical (unpaired) electrons. The molecule has 0 fully saturated rings. The molecular formula is C13H22F3NO3. The summed E-state index contributed by atoms with van der Waals surface area (Å²) in [6, 6.07) is -0.949. The number of carbonyl (C=O) groups is 2. The van der Waals surface area contributed by atoms with E-state index in [0.717, 1.165) is 0 Å². The molecule has 0 aliphatic rings. The van der Waals surface area contributed by atoms with Crippen LogP contribution in [0.15, 0.2) is 0 Å². The van der Waals surface area contributed by atoms with Crippen LogP contribution in [0.2, 0.25) is 0 Å². The zero-order valence-corrected chi connectivity index (χ0v) is 12.4. The molecule has 1 N–H and O–H groups in total. The van der Waals surface area contributed by atoms with Gasteiger partial charge in [-0.25, -0.2) is 4.79 Å². The standard InChI is InChI=1S/C13H22F3NO3/c1-8(2)10(11(19)20-12(3,4)5)17-9(18)6-7-13(14,15)16/h8,10H,6-7H2,1-5H3,(H,17,18)/t10-/m0/s1. The second-order valence-corrected chi connectivity index (χ2v) is 5.94. The van der Waals surface area contributed by atoms with E-state index in [4.69, 9.17) is 4.74 Å². The van der Waals surface area contributed by atoms with E-state index in [1.165, 1.54) is 0 Å². The predicted octanol–water partition coefficient (Wildman–Crippen LogP) is 2.81. The van der Waals surface area contributed by atoms with Crippen LogP contribution in [0.1, 0.15) is 47.5 Å². The summed E-state index contributed by atoms with van der Waals surface area (Å²) in [6.07, 6.45) is -6.30. The first-order chi connectivity index (χ1) is 8.82. The highest BCUT2D eigenvalue weighted by Gasteiger charge is 2.31. The molecule has 0 spiro atoms. The van der Waals surface area contributed by atoms with Crippen LogP contribution in [0.4, 0.5) is 13.2 Å². The Kier molecular flexibility index (Phi) is 6.50. The summed E-state index contributed by atoms with van der Waals surface area (Å²) in [5.74, 6) is -1.74. The first-order valence-electron chi connectivity index (χ1n) is 6.41. The molecule has 0 rings (SSSR count). The van der Waals surface area contributed by atoms with Gasteiger partial charge in [-0.1, -0.05) is 13.8 Å². The molecule has 0 aromatic carbocycles. The Morgan fingerprint density at radius 3 is 2.00 bits per heavy atom. The summed E-state index contributed by atoms with van der Waals surface area (Å²) in [5.41, 5.74) is -0.721. The Hall–Kier alpha value is -1.27. The van der Waals surface area contributed by atoms with Crippen LogP contribution >= 0.6 is 0 Å². The zero-order valence-electron chi connectivity index (χ0n) is 12.4. The van der Waals surface area contributed by atoms with Crippen molar-refractivity contribution in [1.82, 2.24) is 5.32 Å². The van der Waals surface area contributed by atoms with Crippen molar-refractivity contribution in [3.63, 3.8) is 0 Å². The third kappa shape index (κ3) is 8.77. The molecule has 4 nitrogen and oxygen atoms in total. The van der Waals surface area contributed by atoms with Crippen LogP contribution in [0, 0.1) is 5.92 Å². The maximum atomic E-state index is 12.0.